The number of hydrogen-bond acceptors (Lipinski definition) is 3. The second kappa shape index (κ2) is 9.01. The van der Waals surface area contributed by atoms with E-state index in [0.29, 0.717) is 27.4 Å². The van der Waals surface area contributed by atoms with Gasteiger partial charge in [-0.05, 0) is 44.5 Å². The first-order valence-electron chi connectivity index (χ1n) is 9.02. The number of ketones is 2. The lowest BCUT2D eigenvalue weighted by Gasteiger charge is -2.14. The van der Waals surface area contributed by atoms with E-state index in [4.69, 9.17) is 11.6 Å². The van der Waals surface area contributed by atoms with E-state index in [0.717, 1.165) is 12.1 Å². The zero-order valence-corrected chi connectivity index (χ0v) is 17.6. The van der Waals surface area contributed by atoms with Crippen molar-refractivity contribution >= 4 is 34.8 Å². The van der Waals surface area contributed by atoms with Gasteiger partial charge in [0.25, 0.3) is 5.91 Å². The zero-order valence-electron chi connectivity index (χ0n) is 16.9. The summed E-state index contributed by atoms with van der Waals surface area (Å²) in [4.78, 5) is 39.9. The average Bonchev–Trinajstić information content (AvgIpc) is 2.89. The number of likely N-dealkylation sites (N-methyl/N-ethyl adjacent to an activating group) is 1. The van der Waals surface area contributed by atoms with Gasteiger partial charge in [-0.3, -0.25) is 14.4 Å². The van der Waals surface area contributed by atoms with Crippen molar-refractivity contribution in [2.45, 2.75) is 26.9 Å². The van der Waals surface area contributed by atoms with Crippen LogP contribution in [0.15, 0.2) is 18.2 Å². The van der Waals surface area contributed by atoms with E-state index in [1.54, 1.807) is 20.9 Å². The Morgan fingerprint density at radius 1 is 1.17 bits per heavy atom. The Balaban J connectivity index is 2.03. The van der Waals surface area contributed by atoms with Crippen LogP contribution in [0.2, 0.25) is 5.02 Å². The lowest BCUT2D eigenvalue weighted by Crippen LogP contribution is -3.11. The number of H-pyrrole nitrogens is 1. The Hall–Kier alpha value is -2.65. The predicted octanol–water partition coefficient (Wildman–Crippen LogP) is 2.84. The van der Waals surface area contributed by atoms with Crippen molar-refractivity contribution in [1.82, 2.24) is 4.98 Å². The summed E-state index contributed by atoms with van der Waals surface area (Å²) < 4.78 is 38.8. The number of carbonyl (C=O) groups excluding carboxylic acids is 3. The summed E-state index contributed by atoms with van der Waals surface area (Å²) in [6.45, 7) is 4.61. The standard InChI is InChI=1S/C20H21ClF3N3O3/c1-10-18(12(3)28)11(2)25-19(10)16(29)8-27(4)9-17(30)26-13-5-6-15(21)14(7-13)20(22,23)24/h5-7,25H,8-9H2,1-4H3,(H,26,30)/p+1. The van der Waals surface area contributed by atoms with Gasteiger partial charge in [-0.15, -0.1) is 0 Å². The molecule has 0 aliphatic carbocycles. The van der Waals surface area contributed by atoms with Crippen LogP contribution in [-0.2, 0) is 11.0 Å². The number of quaternary nitrogens is 1. The molecular weight excluding hydrogens is 423 g/mol. The predicted molar refractivity (Wildman–Crippen MR) is 106 cm³/mol. The van der Waals surface area contributed by atoms with Gasteiger partial charge in [0.1, 0.15) is 6.54 Å². The third-order valence-corrected chi connectivity index (χ3v) is 4.88. The van der Waals surface area contributed by atoms with Gasteiger partial charge in [-0.25, -0.2) is 0 Å². The summed E-state index contributed by atoms with van der Waals surface area (Å²) in [5.41, 5.74) is 0.849. The maximum absolute atomic E-state index is 12.9. The molecule has 2 aromatic rings. The van der Waals surface area contributed by atoms with Crippen molar-refractivity contribution in [3.05, 3.63) is 51.3 Å². The number of alkyl halides is 3. The molecule has 1 unspecified atom stereocenters. The first-order chi connectivity index (χ1) is 13.8. The van der Waals surface area contributed by atoms with Crippen LogP contribution >= 0.6 is 11.6 Å². The van der Waals surface area contributed by atoms with Gasteiger partial charge < -0.3 is 15.2 Å². The van der Waals surface area contributed by atoms with E-state index in [-0.39, 0.29) is 30.3 Å². The molecule has 1 atom stereocenters. The number of aromatic nitrogens is 1. The van der Waals surface area contributed by atoms with E-state index in [9.17, 15) is 27.6 Å². The molecule has 0 bridgehead atoms. The van der Waals surface area contributed by atoms with E-state index >= 15 is 0 Å². The van der Waals surface area contributed by atoms with Gasteiger partial charge in [0.05, 0.1) is 23.3 Å². The maximum Gasteiger partial charge on any atom is 0.417 e. The molecular formula is C20H22ClF3N3O3+. The number of aryl methyl sites for hydroxylation is 1. The number of anilines is 1. The lowest BCUT2D eigenvalue weighted by atomic mass is 10.1. The Kier molecular flexibility index (Phi) is 7.10. The Morgan fingerprint density at radius 3 is 2.33 bits per heavy atom. The van der Waals surface area contributed by atoms with Gasteiger partial charge in [0, 0.05) is 16.9 Å². The van der Waals surface area contributed by atoms with Gasteiger partial charge in [0.2, 0.25) is 5.78 Å². The number of Topliss-reactive ketones (excluding diaryl/α,β-unsaturated/α-hetero) is 2. The summed E-state index contributed by atoms with van der Waals surface area (Å²) in [6, 6.07) is 3.09. The molecule has 0 fully saturated rings. The summed E-state index contributed by atoms with van der Waals surface area (Å²) in [6.07, 6.45) is -4.64. The van der Waals surface area contributed by atoms with Crippen LogP contribution in [-0.4, -0.2) is 42.6 Å². The minimum Gasteiger partial charge on any atom is -0.355 e. The third kappa shape index (κ3) is 5.48. The summed E-state index contributed by atoms with van der Waals surface area (Å²) >= 11 is 5.56. The highest BCUT2D eigenvalue weighted by Crippen LogP contribution is 2.36. The van der Waals surface area contributed by atoms with Crippen LogP contribution in [0, 0.1) is 13.8 Å². The quantitative estimate of drug-likeness (QED) is 0.574. The summed E-state index contributed by atoms with van der Waals surface area (Å²) in [5, 5.41) is 1.92. The van der Waals surface area contributed by atoms with Crippen molar-refractivity contribution in [2.24, 2.45) is 0 Å². The van der Waals surface area contributed by atoms with Crippen molar-refractivity contribution < 1.29 is 32.5 Å². The van der Waals surface area contributed by atoms with Crippen LogP contribution < -0.4 is 10.2 Å². The summed E-state index contributed by atoms with van der Waals surface area (Å²) in [5.74, 6) is -0.986. The largest absolute Gasteiger partial charge is 0.417 e. The fourth-order valence-electron chi connectivity index (χ4n) is 3.28. The van der Waals surface area contributed by atoms with E-state index < -0.39 is 22.7 Å². The fraction of sp³-hybridized carbons (Fsp3) is 0.350. The molecule has 2 rings (SSSR count). The third-order valence-electron chi connectivity index (χ3n) is 4.55. The molecule has 10 heteroatoms. The Labute approximate surface area is 176 Å². The molecule has 0 aliphatic heterocycles. The fourth-order valence-corrected chi connectivity index (χ4v) is 3.51. The van der Waals surface area contributed by atoms with Gasteiger partial charge in [-0.1, -0.05) is 11.6 Å². The van der Waals surface area contributed by atoms with Crippen LogP contribution in [0.1, 0.15) is 44.6 Å². The number of amides is 1. The van der Waals surface area contributed by atoms with Crippen LogP contribution in [0.5, 0.6) is 0 Å². The first kappa shape index (κ1) is 23.6. The summed E-state index contributed by atoms with van der Waals surface area (Å²) in [7, 11) is 1.61. The van der Waals surface area contributed by atoms with Crippen LogP contribution in [0.4, 0.5) is 18.9 Å². The monoisotopic (exact) mass is 444 g/mol. The Morgan fingerprint density at radius 2 is 1.80 bits per heavy atom. The number of hydrogen-bond donors (Lipinski definition) is 3. The van der Waals surface area contributed by atoms with Gasteiger partial charge in [0.15, 0.2) is 12.3 Å². The van der Waals surface area contributed by atoms with Crippen molar-refractivity contribution in [2.75, 3.05) is 25.5 Å². The smallest absolute Gasteiger partial charge is 0.355 e. The van der Waals surface area contributed by atoms with E-state index in [1.807, 2.05) is 0 Å². The molecule has 0 saturated heterocycles. The molecule has 1 heterocycles. The molecule has 1 aromatic heterocycles. The second-order valence-corrected chi connectivity index (χ2v) is 7.56. The van der Waals surface area contributed by atoms with Crippen molar-refractivity contribution in [1.29, 1.82) is 0 Å². The molecule has 0 saturated carbocycles. The highest BCUT2D eigenvalue weighted by atomic mass is 35.5. The normalized spacial score (nSPS) is 12.5. The highest BCUT2D eigenvalue weighted by Gasteiger charge is 2.33. The molecule has 0 radical (unpaired) electrons. The van der Waals surface area contributed by atoms with Crippen LogP contribution in [0.3, 0.4) is 0 Å². The number of carbonyl (C=O) groups is 3. The average molecular weight is 445 g/mol. The van der Waals surface area contributed by atoms with Gasteiger partial charge in [-0.2, -0.15) is 13.2 Å². The SMILES string of the molecule is CC(=O)c1c(C)[nH]c(C(=O)C[NH+](C)CC(=O)Nc2ccc(Cl)c(C(F)(F)F)c2)c1C. The molecule has 3 N–H and O–H groups in total. The maximum atomic E-state index is 12.9. The molecule has 162 valence electrons. The zero-order chi connectivity index (χ0) is 22.8. The second-order valence-electron chi connectivity index (χ2n) is 7.16. The number of nitrogens with one attached hydrogen (secondary N) is 3. The number of aromatic amines is 1. The number of rotatable bonds is 7. The Bertz CT molecular complexity index is 999. The first-order valence-corrected chi connectivity index (χ1v) is 9.40. The number of halogens is 4. The minimum absolute atomic E-state index is 0.0417. The highest BCUT2D eigenvalue weighted by molar-refractivity contribution is 6.31. The lowest BCUT2D eigenvalue weighted by molar-refractivity contribution is -0.861. The van der Waals surface area contributed by atoms with Crippen molar-refractivity contribution in [3.63, 3.8) is 0 Å². The topological polar surface area (TPSA) is 83.5 Å². The van der Waals surface area contributed by atoms with Crippen molar-refractivity contribution in [3.8, 4) is 0 Å². The molecule has 6 nitrogen and oxygen atoms in total. The molecule has 30 heavy (non-hydrogen) atoms. The van der Waals surface area contributed by atoms with Crippen LogP contribution in [0.25, 0.3) is 0 Å². The minimum atomic E-state index is -4.64. The molecule has 0 spiro atoms. The molecule has 1 amide bonds. The number of benzene rings is 1. The van der Waals surface area contributed by atoms with E-state index in [2.05, 4.69) is 10.3 Å². The molecule has 0 aliphatic rings. The van der Waals surface area contributed by atoms with Gasteiger partial charge >= 0.3 is 6.18 Å². The molecule has 1 aromatic carbocycles. The van der Waals surface area contributed by atoms with E-state index in [1.165, 1.54) is 13.0 Å².